The molecular weight excluding hydrogens is 564 g/mol. The van der Waals surface area contributed by atoms with Crippen LogP contribution in [-0.4, -0.2) is 70.3 Å². The summed E-state index contributed by atoms with van der Waals surface area (Å²) in [5, 5.41) is 6.88. The second kappa shape index (κ2) is 12.8. The van der Waals surface area contributed by atoms with Crippen LogP contribution in [-0.2, 0) is 20.9 Å². The van der Waals surface area contributed by atoms with Crippen LogP contribution >= 0.6 is 0 Å². The average Bonchev–Trinajstić information content (AvgIpc) is 3.72. The van der Waals surface area contributed by atoms with Crippen LogP contribution in [0.2, 0.25) is 0 Å². The van der Waals surface area contributed by atoms with Gasteiger partial charge >= 0.3 is 5.76 Å². The summed E-state index contributed by atoms with van der Waals surface area (Å²) >= 11 is 0. The number of hydrogen-bond acceptors (Lipinski definition) is 7. The Bertz CT molecular complexity index is 1780. The molecule has 12 nitrogen and oxygen atoms in total. The lowest BCUT2D eigenvalue weighted by molar-refractivity contribution is -0.140. The normalized spacial score (nSPS) is 17.8. The van der Waals surface area contributed by atoms with Crippen molar-refractivity contribution in [1.29, 1.82) is 0 Å². The number of guanidine groups is 1. The number of amides is 3. The summed E-state index contributed by atoms with van der Waals surface area (Å²) in [5.74, 6) is -0.323. The SMILES string of the molecule is Cc1cc2cc(NC(=N[C@H]3CCCCN(CC(=O)N4CCCC4)C3=O)NC(=O)CCn3c(=O)oc4ccccc43)ccc2o1. The third-order valence-electron chi connectivity index (χ3n) is 8.12. The van der Waals surface area contributed by atoms with Crippen molar-refractivity contribution in [2.75, 3.05) is 31.5 Å². The van der Waals surface area contributed by atoms with Crippen LogP contribution in [0.5, 0.6) is 0 Å². The van der Waals surface area contributed by atoms with Crippen molar-refractivity contribution in [1.82, 2.24) is 19.7 Å². The second-order valence-electron chi connectivity index (χ2n) is 11.4. The van der Waals surface area contributed by atoms with Crippen LogP contribution in [0.3, 0.4) is 0 Å². The summed E-state index contributed by atoms with van der Waals surface area (Å²) in [7, 11) is 0. The molecule has 230 valence electrons. The highest BCUT2D eigenvalue weighted by atomic mass is 16.4. The molecule has 2 aliphatic rings. The van der Waals surface area contributed by atoms with E-state index in [4.69, 9.17) is 13.8 Å². The van der Waals surface area contributed by atoms with Crippen LogP contribution < -0.4 is 16.4 Å². The maximum atomic E-state index is 13.6. The van der Waals surface area contributed by atoms with Crippen molar-refractivity contribution in [3.63, 3.8) is 0 Å². The maximum absolute atomic E-state index is 13.6. The van der Waals surface area contributed by atoms with Crippen LogP contribution in [0.25, 0.3) is 22.1 Å². The third kappa shape index (κ3) is 6.53. The number of aryl methyl sites for hydroxylation is 2. The van der Waals surface area contributed by atoms with Gasteiger partial charge in [-0.2, -0.15) is 0 Å². The predicted octanol–water partition coefficient (Wildman–Crippen LogP) is 3.63. The number of aromatic nitrogens is 1. The van der Waals surface area contributed by atoms with Crippen LogP contribution in [0.1, 0.15) is 44.3 Å². The monoisotopic (exact) mass is 600 g/mol. The third-order valence-corrected chi connectivity index (χ3v) is 8.12. The van der Waals surface area contributed by atoms with E-state index in [1.165, 1.54) is 4.57 Å². The minimum atomic E-state index is -0.771. The Morgan fingerprint density at radius 3 is 2.59 bits per heavy atom. The van der Waals surface area contributed by atoms with Crippen molar-refractivity contribution in [2.24, 2.45) is 4.99 Å². The molecule has 2 aromatic heterocycles. The highest BCUT2D eigenvalue weighted by Crippen LogP contribution is 2.23. The number of rotatable bonds is 7. The minimum absolute atomic E-state index is 0.0286. The molecule has 2 aromatic carbocycles. The smallest absolute Gasteiger partial charge is 0.419 e. The number of hydrogen-bond donors (Lipinski definition) is 2. The number of aliphatic imine (C=N–C) groups is 1. The van der Waals surface area contributed by atoms with E-state index < -0.39 is 17.7 Å². The first-order valence-electron chi connectivity index (χ1n) is 15.1. The molecule has 0 aliphatic carbocycles. The summed E-state index contributed by atoms with van der Waals surface area (Å²) in [4.78, 5) is 60.2. The van der Waals surface area contributed by atoms with Gasteiger partial charge in [-0.1, -0.05) is 12.1 Å². The summed E-state index contributed by atoms with van der Waals surface area (Å²) in [6.07, 6.45) is 3.95. The number of fused-ring (bicyclic) bond motifs is 2. The zero-order valence-corrected chi connectivity index (χ0v) is 24.7. The molecule has 2 aliphatic heterocycles. The zero-order chi connectivity index (χ0) is 30.6. The van der Waals surface area contributed by atoms with Crippen molar-refractivity contribution in [3.8, 4) is 0 Å². The van der Waals surface area contributed by atoms with E-state index in [1.54, 1.807) is 35.2 Å². The molecule has 1 atom stereocenters. The van der Waals surface area contributed by atoms with Crippen LogP contribution in [0, 0.1) is 6.92 Å². The lowest BCUT2D eigenvalue weighted by Crippen LogP contribution is -2.45. The Morgan fingerprint density at radius 2 is 1.75 bits per heavy atom. The number of furan rings is 1. The van der Waals surface area contributed by atoms with Gasteiger partial charge in [-0.3, -0.25) is 24.3 Å². The molecule has 0 saturated carbocycles. The number of anilines is 1. The van der Waals surface area contributed by atoms with Gasteiger partial charge in [-0.15, -0.1) is 0 Å². The Labute approximate surface area is 253 Å². The first kappa shape index (κ1) is 29.2. The van der Waals surface area contributed by atoms with E-state index in [9.17, 15) is 19.2 Å². The quantitative estimate of drug-likeness (QED) is 0.244. The Morgan fingerprint density at radius 1 is 0.955 bits per heavy atom. The fourth-order valence-electron chi connectivity index (χ4n) is 5.87. The van der Waals surface area contributed by atoms with Gasteiger partial charge in [0.05, 0.1) is 12.1 Å². The predicted molar refractivity (Wildman–Crippen MR) is 165 cm³/mol. The summed E-state index contributed by atoms with van der Waals surface area (Å²) in [5.41, 5.74) is 2.43. The number of nitrogens with zero attached hydrogens (tertiary/aromatic N) is 4. The van der Waals surface area contributed by atoms with Crippen LogP contribution in [0.4, 0.5) is 5.69 Å². The standard InChI is InChI=1S/C32H36N6O6/c1-21-18-22-19-23(11-12-26(22)43-21)33-31(35-28(39)13-17-38-25-9-2-3-10-27(25)44-32(38)42)34-24-8-4-5-16-37(30(24)41)20-29(40)36-14-6-7-15-36/h2-3,9-12,18-19,24H,4-8,13-17,20H2,1H3,(H2,33,34,35,39)/t24-/m0/s1. The number of likely N-dealkylation sites (tertiary alicyclic amines) is 2. The van der Waals surface area contributed by atoms with E-state index in [1.807, 2.05) is 30.0 Å². The molecule has 0 unspecified atom stereocenters. The van der Waals surface area contributed by atoms with Gasteiger partial charge in [-0.05, 0) is 75.4 Å². The Balaban J connectivity index is 1.22. The topological polar surface area (TPSA) is 142 Å². The molecule has 44 heavy (non-hydrogen) atoms. The van der Waals surface area contributed by atoms with Gasteiger partial charge in [0.2, 0.25) is 23.7 Å². The molecule has 3 amide bonds. The fourth-order valence-corrected chi connectivity index (χ4v) is 5.87. The number of carbonyl (C=O) groups is 3. The van der Waals surface area contributed by atoms with Gasteiger partial charge in [0.25, 0.3) is 0 Å². The lowest BCUT2D eigenvalue weighted by atomic mass is 10.1. The molecule has 6 rings (SSSR count). The number of para-hydroxylation sites is 2. The van der Waals surface area contributed by atoms with Gasteiger partial charge in [0.1, 0.15) is 17.4 Å². The van der Waals surface area contributed by atoms with Gasteiger partial charge < -0.3 is 24.0 Å². The van der Waals surface area contributed by atoms with Crippen LogP contribution in [0.15, 0.2) is 67.2 Å². The molecular formula is C32H36N6O6. The van der Waals surface area contributed by atoms with Crippen molar-refractivity contribution < 1.29 is 23.2 Å². The van der Waals surface area contributed by atoms with Gasteiger partial charge in [0.15, 0.2) is 5.58 Å². The number of nitrogens with one attached hydrogen (secondary N) is 2. The first-order valence-corrected chi connectivity index (χ1v) is 15.1. The zero-order valence-electron chi connectivity index (χ0n) is 24.7. The summed E-state index contributed by atoms with van der Waals surface area (Å²) < 4.78 is 12.4. The van der Waals surface area contributed by atoms with E-state index in [-0.39, 0.29) is 37.3 Å². The van der Waals surface area contributed by atoms with Crippen molar-refractivity contribution in [3.05, 3.63) is 64.8 Å². The van der Waals surface area contributed by atoms with Crippen molar-refractivity contribution in [2.45, 2.75) is 58.0 Å². The minimum Gasteiger partial charge on any atom is -0.461 e. The number of oxazole rings is 1. The summed E-state index contributed by atoms with van der Waals surface area (Å²) in [6.45, 7) is 3.94. The molecule has 0 bridgehead atoms. The van der Waals surface area contributed by atoms with E-state index in [0.717, 1.165) is 55.5 Å². The van der Waals surface area contributed by atoms with E-state index >= 15 is 0 Å². The highest BCUT2D eigenvalue weighted by Gasteiger charge is 2.30. The maximum Gasteiger partial charge on any atom is 0.419 e. The molecule has 4 aromatic rings. The second-order valence-corrected chi connectivity index (χ2v) is 11.4. The van der Waals surface area contributed by atoms with Gasteiger partial charge in [-0.25, -0.2) is 9.79 Å². The number of benzene rings is 2. The fraction of sp³-hybridized carbons (Fsp3) is 0.406. The molecule has 0 radical (unpaired) electrons. The molecule has 12 heteroatoms. The highest BCUT2D eigenvalue weighted by molar-refractivity contribution is 6.06. The molecule has 2 N–H and O–H groups in total. The van der Waals surface area contributed by atoms with Crippen molar-refractivity contribution >= 4 is 51.4 Å². The Kier molecular flexibility index (Phi) is 8.49. The van der Waals surface area contributed by atoms with E-state index in [2.05, 4.69) is 10.6 Å². The largest absolute Gasteiger partial charge is 0.461 e. The number of carbonyl (C=O) groups excluding carboxylic acids is 3. The Hall–Kier alpha value is -4.87. The molecule has 4 heterocycles. The molecule has 0 spiro atoms. The first-order chi connectivity index (χ1) is 21.3. The van der Waals surface area contributed by atoms with Gasteiger partial charge in [0, 0.05) is 43.7 Å². The van der Waals surface area contributed by atoms with E-state index in [0.29, 0.717) is 29.8 Å². The summed E-state index contributed by atoms with van der Waals surface area (Å²) in [6, 6.07) is 13.7. The lowest BCUT2D eigenvalue weighted by Gasteiger charge is -2.25. The molecule has 2 saturated heterocycles. The average molecular weight is 601 g/mol. The molecule has 2 fully saturated rings.